The van der Waals surface area contributed by atoms with E-state index in [2.05, 4.69) is 15.7 Å². The van der Waals surface area contributed by atoms with Gasteiger partial charge in [0.25, 0.3) is 5.91 Å². The van der Waals surface area contributed by atoms with Crippen LogP contribution >= 0.6 is 0 Å². The molecule has 1 aliphatic heterocycles. The molecule has 1 aromatic carbocycles. The van der Waals surface area contributed by atoms with Crippen LogP contribution < -0.4 is 10.6 Å². The van der Waals surface area contributed by atoms with Gasteiger partial charge in [-0.25, -0.2) is 0 Å². The van der Waals surface area contributed by atoms with Gasteiger partial charge in [0.1, 0.15) is 0 Å². The van der Waals surface area contributed by atoms with Crippen molar-refractivity contribution < 1.29 is 9.59 Å². The molecule has 0 bridgehead atoms. The second kappa shape index (κ2) is 6.80. The quantitative estimate of drug-likeness (QED) is 0.902. The molecule has 2 heterocycles. The van der Waals surface area contributed by atoms with Crippen molar-refractivity contribution in [2.75, 3.05) is 18.4 Å². The lowest BCUT2D eigenvalue weighted by Crippen LogP contribution is -2.32. The summed E-state index contributed by atoms with van der Waals surface area (Å²) in [4.78, 5) is 24.5. The molecule has 1 fully saturated rings. The van der Waals surface area contributed by atoms with Gasteiger partial charge in [0, 0.05) is 30.4 Å². The van der Waals surface area contributed by atoms with Crippen LogP contribution in [-0.2, 0) is 6.42 Å². The molecular formula is C19H22N4O2. The third-order valence-electron chi connectivity index (χ3n) is 5.00. The standard InChI is InChI=1S/C19H22N4O2/c24-18-5-1-3-13-6-7-14(11-16(13)18)21-19(25)17-8-10-23(22-17)15-4-2-9-20-12-15/h6-8,10-11,15,20H,1-5,9,12H2,(H,21,25). The molecule has 0 radical (unpaired) electrons. The molecule has 1 atom stereocenters. The molecular weight excluding hydrogens is 316 g/mol. The molecule has 2 aliphatic rings. The minimum absolute atomic E-state index is 0.159. The molecule has 6 nitrogen and oxygen atoms in total. The first-order chi connectivity index (χ1) is 12.2. The number of nitrogens with zero attached hydrogens (tertiary/aromatic N) is 2. The Balaban J connectivity index is 1.48. The van der Waals surface area contributed by atoms with Crippen molar-refractivity contribution in [3.8, 4) is 0 Å². The van der Waals surface area contributed by atoms with Crippen molar-refractivity contribution in [3.05, 3.63) is 47.3 Å². The predicted octanol–water partition coefficient (Wildman–Crippen LogP) is 2.58. The number of fused-ring (bicyclic) bond motifs is 1. The van der Waals surface area contributed by atoms with Crippen LogP contribution in [-0.4, -0.2) is 34.6 Å². The number of hydrogen-bond acceptors (Lipinski definition) is 4. The highest BCUT2D eigenvalue weighted by atomic mass is 16.2. The van der Waals surface area contributed by atoms with Crippen LogP contribution in [0.25, 0.3) is 0 Å². The van der Waals surface area contributed by atoms with E-state index in [1.54, 1.807) is 12.1 Å². The van der Waals surface area contributed by atoms with E-state index in [1.807, 2.05) is 23.0 Å². The Morgan fingerprint density at radius 2 is 2.16 bits per heavy atom. The summed E-state index contributed by atoms with van der Waals surface area (Å²) in [6.07, 6.45) is 6.48. The summed E-state index contributed by atoms with van der Waals surface area (Å²) in [5.74, 6) is -0.0860. The highest BCUT2D eigenvalue weighted by Gasteiger charge is 2.20. The maximum atomic E-state index is 12.5. The molecule has 1 saturated heterocycles. The number of rotatable bonds is 3. The average Bonchev–Trinajstić information content (AvgIpc) is 3.13. The first-order valence-corrected chi connectivity index (χ1v) is 8.94. The third kappa shape index (κ3) is 3.35. The summed E-state index contributed by atoms with van der Waals surface area (Å²) >= 11 is 0. The highest BCUT2D eigenvalue weighted by molar-refractivity contribution is 6.04. The minimum Gasteiger partial charge on any atom is -0.321 e. The van der Waals surface area contributed by atoms with E-state index in [4.69, 9.17) is 0 Å². The molecule has 1 amide bonds. The Morgan fingerprint density at radius 3 is 3.00 bits per heavy atom. The fraction of sp³-hybridized carbons (Fsp3) is 0.421. The van der Waals surface area contributed by atoms with Crippen molar-refractivity contribution in [2.45, 2.75) is 38.1 Å². The van der Waals surface area contributed by atoms with E-state index in [1.165, 1.54) is 0 Å². The molecule has 0 spiro atoms. The molecule has 1 aromatic heterocycles. The average molecular weight is 338 g/mol. The van der Waals surface area contributed by atoms with Crippen LogP contribution in [0.5, 0.6) is 0 Å². The van der Waals surface area contributed by atoms with Crippen LogP contribution in [0.4, 0.5) is 5.69 Å². The van der Waals surface area contributed by atoms with Gasteiger partial charge in [-0.2, -0.15) is 5.10 Å². The zero-order valence-corrected chi connectivity index (χ0v) is 14.1. The summed E-state index contributed by atoms with van der Waals surface area (Å²) in [6.45, 7) is 1.93. The number of ketones is 1. The second-order valence-electron chi connectivity index (χ2n) is 6.78. The number of aryl methyl sites for hydroxylation is 1. The Hall–Kier alpha value is -2.47. The second-order valence-corrected chi connectivity index (χ2v) is 6.78. The number of anilines is 1. The maximum absolute atomic E-state index is 12.5. The SMILES string of the molecule is O=C(Nc1ccc2c(c1)C(=O)CCC2)c1ccn(C2CCCNC2)n1. The number of amides is 1. The molecule has 25 heavy (non-hydrogen) atoms. The first-order valence-electron chi connectivity index (χ1n) is 8.94. The fourth-order valence-corrected chi connectivity index (χ4v) is 3.62. The Labute approximate surface area is 146 Å². The lowest BCUT2D eigenvalue weighted by Gasteiger charge is -2.22. The van der Waals surface area contributed by atoms with E-state index < -0.39 is 0 Å². The lowest BCUT2D eigenvalue weighted by molar-refractivity contribution is 0.0970. The number of piperidine rings is 1. The van der Waals surface area contributed by atoms with E-state index in [-0.39, 0.29) is 11.7 Å². The largest absolute Gasteiger partial charge is 0.321 e. The van der Waals surface area contributed by atoms with Crippen LogP contribution in [0.1, 0.15) is 58.1 Å². The van der Waals surface area contributed by atoms with E-state index in [0.717, 1.165) is 49.9 Å². The van der Waals surface area contributed by atoms with E-state index in [0.29, 0.717) is 23.8 Å². The number of benzene rings is 1. The molecule has 2 aromatic rings. The number of carbonyl (C=O) groups excluding carboxylic acids is 2. The van der Waals surface area contributed by atoms with Gasteiger partial charge in [0.15, 0.2) is 11.5 Å². The molecule has 130 valence electrons. The Bertz CT molecular complexity index is 806. The van der Waals surface area contributed by atoms with Crippen LogP contribution in [0, 0.1) is 0 Å². The lowest BCUT2D eigenvalue weighted by atomic mass is 9.90. The van der Waals surface area contributed by atoms with Gasteiger partial charge in [-0.3, -0.25) is 14.3 Å². The zero-order chi connectivity index (χ0) is 17.2. The van der Waals surface area contributed by atoms with Crippen molar-refractivity contribution in [3.63, 3.8) is 0 Å². The van der Waals surface area contributed by atoms with Gasteiger partial charge in [0.05, 0.1) is 6.04 Å². The molecule has 1 unspecified atom stereocenters. The van der Waals surface area contributed by atoms with Crippen molar-refractivity contribution in [1.82, 2.24) is 15.1 Å². The van der Waals surface area contributed by atoms with Gasteiger partial charge < -0.3 is 10.6 Å². The molecule has 6 heteroatoms. The minimum atomic E-state index is -0.245. The fourth-order valence-electron chi connectivity index (χ4n) is 3.62. The smallest absolute Gasteiger partial charge is 0.276 e. The summed E-state index contributed by atoms with van der Waals surface area (Å²) in [5.41, 5.74) is 2.86. The van der Waals surface area contributed by atoms with Crippen LogP contribution in [0.15, 0.2) is 30.5 Å². The number of nitrogens with one attached hydrogen (secondary N) is 2. The van der Waals surface area contributed by atoms with Gasteiger partial charge in [-0.05, 0) is 56.0 Å². The first kappa shape index (κ1) is 16.0. The molecule has 1 aliphatic carbocycles. The van der Waals surface area contributed by atoms with Crippen molar-refractivity contribution >= 4 is 17.4 Å². The van der Waals surface area contributed by atoms with E-state index in [9.17, 15) is 9.59 Å². The van der Waals surface area contributed by atoms with Crippen LogP contribution in [0.2, 0.25) is 0 Å². The van der Waals surface area contributed by atoms with E-state index >= 15 is 0 Å². The monoisotopic (exact) mass is 338 g/mol. The number of hydrogen-bond donors (Lipinski definition) is 2. The van der Waals surface area contributed by atoms with Crippen molar-refractivity contribution in [2.24, 2.45) is 0 Å². The van der Waals surface area contributed by atoms with Crippen molar-refractivity contribution in [1.29, 1.82) is 0 Å². The van der Waals surface area contributed by atoms with Gasteiger partial charge in [-0.1, -0.05) is 6.07 Å². The number of Topliss-reactive ketones (excluding diaryl/α,β-unsaturated/α-hetero) is 1. The van der Waals surface area contributed by atoms with Gasteiger partial charge >= 0.3 is 0 Å². The Kier molecular flexibility index (Phi) is 4.36. The predicted molar refractivity (Wildman–Crippen MR) is 95.0 cm³/mol. The normalized spacial score (nSPS) is 20.2. The number of aromatic nitrogens is 2. The topological polar surface area (TPSA) is 76.0 Å². The highest BCUT2D eigenvalue weighted by Crippen LogP contribution is 2.24. The van der Waals surface area contributed by atoms with Gasteiger partial charge in [0.2, 0.25) is 0 Å². The molecule has 4 rings (SSSR count). The Morgan fingerprint density at radius 1 is 1.24 bits per heavy atom. The third-order valence-corrected chi connectivity index (χ3v) is 5.00. The summed E-state index contributed by atoms with van der Waals surface area (Å²) in [6, 6.07) is 7.63. The summed E-state index contributed by atoms with van der Waals surface area (Å²) in [5, 5.41) is 10.6. The summed E-state index contributed by atoms with van der Waals surface area (Å²) in [7, 11) is 0. The van der Waals surface area contributed by atoms with Gasteiger partial charge in [-0.15, -0.1) is 0 Å². The van der Waals surface area contributed by atoms with Crippen LogP contribution in [0.3, 0.4) is 0 Å². The molecule has 2 N–H and O–H groups in total. The molecule has 0 saturated carbocycles. The maximum Gasteiger partial charge on any atom is 0.276 e. The summed E-state index contributed by atoms with van der Waals surface area (Å²) < 4.78 is 1.87. The number of carbonyl (C=O) groups is 2. The zero-order valence-electron chi connectivity index (χ0n) is 14.1.